The number of para-hydroxylation sites is 1. The van der Waals surface area contributed by atoms with Gasteiger partial charge in [-0.1, -0.05) is 38.1 Å². The van der Waals surface area contributed by atoms with Crippen molar-refractivity contribution in [2.24, 2.45) is 0 Å². The fraction of sp³-hybridized carbons (Fsp3) is 0.370. The summed E-state index contributed by atoms with van der Waals surface area (Å²) in [4.78, 5) is 46.6. The molecule has 36 heavy (non-hydrogen) atoms. The van der Waals surface area contributed by atoms with Crippen LogP contribution in [0.1, 0.15) is 63.2 Å². The van der Waals surface area contributed by atoms with Crippen molar-refractivity contribution in [2.75, 3.05) is 16.8 Å². The van der Waals surface area contributed by atoms with Gasteiger partial charge in [0, 0.05) is 36.1 Å². The van der Waals surface area contributed by atoms with Crippen LogP contribution >= 0.6 is 0 Å². The third-order valence-corrected chi connectivity index (χ3v) is 6.80. The van der Waals surface area contributed by atoms with Gasteiger partial charge in [-0.3, -0.25) is 19.3 Å². The maximum Gasteiger partial charge on any atom is 0.257 e. The second-order valence-corrected chi connectivity index (χ2v) is 10.5. The molecule has 3 aromatic rings. The molecule has 0 spiro atoms. The fourth-order valence-electron chi connectivity index (χ4n) is 4.83. The Morgan fingerprint density at radius 3 is 2.53 bits per heavy atom. The molecule has 1 saturated heterocycles. The number of anilines is 2. The Labute approximate surface area is 209 Å². The van der Waals surface area contributed by atoms with Crippen molar-refractivity contribution >= 4 is 29.1 Å². The van der Waals surface area contributed by atoms with E-state index in [1.54, 1.807) is 40.1 Å². The lowest BCUT2D eigenvalue weighted by molar-refractivity contribution is -0.117. The van der Waals surface area contributed by atoms with E-state index in [0.29, 0.717) is 41.5 Å². The highest BCUT2D eigenvalue weighted by molar-refractivity contribution is 6.10. The fourth-order valence-corrected chi connectivity index (χ4v) is 4.83. The van der Waals surface area contributed by atoms with Crippen molar-refractivity contribution in [1.82, 2.24) is 15.0 Å². The normalized spacial score (nSPS) is 19.3. The van der Waals surface area contributed by atoms with Crippen molar-refractivity contribution in [3.05, 3.63) is 60.0 Å². The van der Waals surface area contributed by atoms with Crippen LogP contribution in [0.25, 0.3) is 11.4 Å². The summed E-state index contributed by atoms with van der Waals surface area (Å²) in [6.45, 7) is 8.10. The van der Waals surface area contributed by atoms with Gasteiger partial charge in [-0.2, -0.15) is 4.98 Å². The highest BCUT2D eigenvalue weighted by Gasteiger charge is 2.52. The number of aromatic nitrogens is 2. The van der Waals surface area contributed by atoms with Crippen LogP contribution in [0.3, 0.4) is 0 Å². The minimum atomic E-state index is -0.777. The number of fused-ring (bicyclic) bond motifs is 3. The molecule has 0 radical (unpaired) electrons. The van der Waals surface area contributed by atoms with Crippen LogP contribution in [0.15, 0.2) is 53.1 Å². The van der Waals surface area contributed by atoms with Gasteiger partial charge in [0.2, 0.25) is 23.5 Å². The second kappa shape index (κ2) is 8.58. The first-order valence-electron chi connectivity index (χ1n) is 12.1. The Kier molecular flexibility index (Phi) is 5.65. The van der Waals surface area contributed by atoms with Gasteiger partial charge in [-0.05, 0) is 49.7 Å². The number of nitrogens with one attached hydrogen (secondary N) is 1. The predicted molar refractivity (Wildman–Crippen MR) is 134 cm³/mol. The maximum absolute atomic E-state index is 13.3. The lowest BCUT2D eigenvalue weighted by Gasteiger charge is -2.48. The quantitative estimate of drug-likeness (QED) is 0.573. The van der Waals surface area contributed by atoms with Crippen molar-refractivity contribution < 1.29 is 18.9 Å². The molecule has 0 saturated carbocycles. The van der Waals surface area contributed by atoms with Gasteiger partial charge in [0.25, 0.3) is 5.91 Å². The van der Waals surface area contributed by atoms with E-state index < -0.39 is 5.66 Å². The van der Waals surface area contributed by atoms with Gasteiger partial charge in [-0.25, -0.2) is 0 Å². The number of rotatable bonds is 5. The van der Waals surface area contributed by atoms with Crippen LogP contribution in [-0.4, -0.2) is 45.0 Å². The molecule has 9 heteroatoms. The van der Waals surface area contributed by atoms with Crippen LogP contribution < -0.4 is 10.2 Å². The summed E-state index contributed by atoms with van der Waals surface area (Å²) in [5.41, 5.74) is 1.52. The van der Waals surface area contributed by atoms with Crippen molar-refractivity contribution in [3.8, 4) is 11.4 Å². The highest BCUT2D eigenvalue weighted by atomic mass is 16.5. The van der Waals surface area contributed by atoms with E-state index in [9.17, 15) is 14.4 Å². The molecular weight excluding hydrogens is 458 g/mol. The zero-order valence-corrected chi connectivity index (χ0v) is 20.9. The van der Waals surface area contributed by atoms with Gasteiger partial charge in [0.15, 0.2) is 0 Å². The molecule has 1 N–H and O–H groups in total. The SMILES string of the molecule is CC(C)(C)c1nc(-c2ccc(NC(=O)CCN3C(=O)c4ccccc4N4C(=O)CCC34C)cc2)no1. The first-order valence-corrected chi connectivity index (χ1v) is 12.1. The minimum absolute atomic E-state index is 0.0109. The molecule has 1 fully saturated rings. The van der Waals surface area contributed by atoms with Gasteiger partial charge >= 0.3 is 0 Å². The van der Waals surface area contributed by atoms with E-state index in [1.807, 2.05) is 45.9 Å². The third-order valence-electron chi connectivity index (χ3n) is 6.80. The van der Waals surface area contributed by atoms with E-state index in [4.69, 9.17) is 4.52 Å². The van der Waals surface area contributed by atoms with Gasteiger partial charge in [-0.15, -0.1) is 0 Å². The molecule has 2 aliphatic heterocycles. The number of amides is 3. The Bertz CT molecular complexity index is 1340. The van der Waals surface area contributed by atoms with Crippen molar-refractivity contribution in [1.29, 1.82) is 0 Å². The molecule has 0 aliphatic carbocycles. The van der Waals surface area contributed by atoms with Crippen molar-refractivity contribution in [2.45, 2.75) is 58.0 Å². The molecule has 3 amide bonds. The predicted octanol–water partition coefficient (Wildman–Crippen LogP) is 4.36. The number of nitrogens with zero attached hydrogens (tertiary/aromatic N) is 4. The molecule has 186 valence electrons. The topological polar surface area (TPSA) is 109 Å². The molecule has 1 unspecified atom stereocenters. The third kappa shape index (κ3) is 4.04. The largest absolute Gasteiger partial charge is 0.338 e. The minimum Gasteiger partial charge on any atom is -0.338 e. The van der Waals surface area contributed by atoms with E-state index in [0.717, 1.165) is 5.56 Å². The zero-order valence-electron chi connectivity index (χ0n) is 20.9. The lowest BCUT2D eigenvalue weighted by atomic mass is 9.97. The molecule has 2 aliphatic rings. The average Bonchev–Trinajstić information content (AvgIpc) is 3.45. The van der Waals surface area contributed by atoms with Gasteiger partial charge < -0.3 is 14.7 Å². The van der Waals surface area contributed by atoms with E-state index in [2.05, 4.69) is 15.5 Å². The standard InChI is InChI=1S/C27H29N5O4/c1-26(2,3)25-29-23(30-36-25)17-9-11-18(12-10-17)28-21(33)14-16-31-24(35)19-7-5-6-8-20(19)32-22(34)13-15-27(31,32)4/h5-12H,13-16H2,1-4H3,(H,28,33). The lowest BCUT2D eigenvalue weighted by Crippen LogP contribution is -2.62. The first kappa shape index (κ1) is 23.7. The Morgan fingerprint density at radius 1 is 1.11 bits per heavy atom. The molecule has 9 nitrogen and oxygen atoms in total. The highest BCUT2D eigenvalue weighted by Crippen LogP contribution is 2.44. The Balaban J connectivity index is 1.26. The Hall–Kier alpha value is -4.01. The van der Waals surface area contributed by atoms with Crippen molar-refractivity contribution in [3.63, 3.8) is 0 Å². The monoisotopic (exact) mass is 487 g/mol. The molecule has 2 aromatic carbocycles. The summed E-state index contributed by atoms with van der Waals surface area (Å²) in [7, 11) is 0. The summed E-state index contributed by atoms with van der Waals surface area (Å²) in [5.74, 6) is 0.657. The number of hydrogen-bond donors (Lipinski definition) is 1. The van der Waals surface area contributed by atoms with Crippen LogP contribution in [0.5, 0.6) is 0 Å². The molecule has 5 rings (SSSR count). The van der Waals surface area contributed by atoms with E-state index in [1.165, 1.54) is 0 Å². The zero-order chi connectivity index (χ0) is 25.7. The molecule has 1 atom stereocenters. The van der Waals surface area contributed by atoms with Crippen LogP contribution in [0, 0.1) is 0 Å². The number of carbonyl (C=O) groups excluding carboxylic acids is 3. The molecule has 0 bridgehead atoms. The summed E-state index contributed by atoms with van der Waals surface area (Å²) in [5, 5.41) is 6.93. The number of hydrogen-bond acceptors (Lipinski definition) is 6. The number of benzene rings is 2. The molecule has 3 heterocycles. The van der Waals surface area contributed by atoms with Gasteiger partial charge in [0.1, 0.15) is 5.66 Å². The Morgan fingerprint density at radius 2 is 1.83 bits per heavy atom. The molecular formula is C27H29N5O4. The van der Waals surface area contributed by atoms with Gasteiger partial charge in [0.05, 0.1) is 11.3 Å². The summed E-state index contributed by atoms with van der Waals surface area (Å²) >= 11 is 0. The van der Waals surface area contributed by atoms with E-state index >= 15 is 0 Å². The summed E-state index contributed by atoms with van der Waals surface area (Å²) < 4.78 is 5.36. The first-order chi connectivity index (χ1) is 17.1. The van der Waals surface area contributed by atoms with Crippen LogP contribution in [0.2, 0.25) is 0 Å². The van der Waals surface area contributed by atoms with Crippen LogP contribution in [-0.2, 0) is 15.0 Å². The maximum atomic E-state index is 13.3. The summed E-state index contributed by atoms with van der Waals surface area (Å²) in [6.07, 6.45) is 1.000. The average molecular weight is 488 g/mol. The number of carbonyl (C=O) groups is 3. The van der Waals surface area contributed by atoms with E-state index in [-0.39, 0.29) is 36.1 Å². The smallest absolute Gasteiger partial charge is 0.257 e. The summed E-state index contributed by atoms with van der Waals surface area (Å²) in [6, 6.07) is 14.3. The second-order valence-electron chi connectivity index (χ2n) is 10.5. The van der Waals surface area contributed by atoms with Crippen LogP contribution in [0.4, 0.5) is 11.4 Å². The molecule has 1 aromatic heterocycles.